The number of nitrogens with one attached hydrogen (secondary N) is 1. The van der Waals surface area contributed by atoms with Crippen molar-refractivity contribution in [2.45, 2.75) is 0 Å². The number of benzene rings is 2. The first-order valence-corrected chi connectivity index (χ1v) is 5.80. The van der Waals surface area contributed by atoms with Crippen molar-refractivity contribution in [1.82, 2.24) is 0 Å². The van der Waals surface area contributed by atoms with Gasteiger partial charge in [-0.15, -0.1) is 0 Å². The lowest BCUT2D eigenvalue weighted by molar-refractivity contribution is 0.628. The number of halogens is 2. The van der Waals surface area contributed by atoms with Crippen LogP contribution >= 0.6 is 22.6 Å². The van der Waals surface area contributed by atoms with Crippen molar-refractivity contribution in [3.05, 3.63) is 51.9 Å². The SMILES string of the molecule is Nc1ccc(F)cc1Nc1cccc(I)c1. The fraction of sp³-hybridized carbons (Fsp3) is 0. The molecule has 0 spiro atoms. The van der Waals surface area contributed by atoms with Gasteiger partial charge in [0, 0.05) is 9.26 Å². The van der Waals surface area contributed by atoms with Crippen LogP contribution in [0.1, 0.15) is 0 Å². The number of anilines is 3. The third kappa shape index (κ3) is 2.63. The third-order valence-corrected chi connectivity index (χ3v) is 2.79. The molecular weight excluding hydrogens is 318 g/mol. The van der Waals surface area contributed by atoms with Gasteiger partial charge in [-0.1, -0.05) is 6.07 Å². The second kappa shape index (κ2) is 4.69. The van der Waals surface area contributed by atoms with Gasteiger partial charge >= 0.3 is 0 Å². The lowest BCUT2D eigenvalue weighted by Gasteiger charge is -2.09. The summed E-state index contributed by atoms with van der Waals surface area (Å²) in [7, 11) is 0. The first kappa shape index (κ1) is 11.2. The summed E-state index contributed by atoms with van der Waals surface area (Å²) in [5.41, 5.74) is 7.75. The fourth-order valence-electron chi connectivity index (χ4n) is 1.36. The Morgan fingerprint density at radius 1 is 1.12 bits per heavy atom. The van der Waals surface area contributed by atoms with E-state index in [1.54, 1.807) is 6.07 Å². The van der Waals surface area contributed by atoms with Gasteiger partial charge in [0.15, 0.2) is 0 Å². The van der Waals surface area contributed by atoms with Gasteiger partial charge in [-0.3, -0.25) is 0 Å². The minimum atomic E-state index is -0.303. The van der Waals surface area contributed by atoms with E-state index in [1.165, 1.54) is 12.1 Å². The van der Waals surface area contributed by atoms with Crippen molar-refractivity contribution in [2.24, 2.45) is 0 Å². The van der Waals surface area contributed by atoms with Gasteiger partial charge in [0.05, 0.1) is 11.4 Å². The molecule has 0 fully saturated rings. The van der Waals surface area contributed by atoms with Gasteiger partial charge in [0.25, 0.3) is 0 Å². The van der Waals surface area contributed by atoms with Crippen LogP contribution in [0.25, 0.3) is 0 Å². The molecule has 2 aromatic carbocycles. The maximum Gasteiger partial charge on any atom is 0.125 e. The Hall–Kier alpha value is -1.30. The quantitative estimate of drug-likeness (QED) is 0.651. The van der Waals surface area contributed by atoms with Gasteiger partial charge in [-0.2, -0.15) is 0 Å². The van der Waals surface area contributed by atoms with Crippen LogP contribution in [0.15, 0.2) is 42.5 Å². The average molecular weight is 328 g/mol. The summed E-state index contributed by atoms with van der Waals surface area (Å²) in [6, 6.07) is 12.1. The van der Waals surface area contributed by atoms with E-state index in [4.69, 9.17) is 5.73 Å². The Kier molecular flexibility index (Phi) is 3.28. The standard InChI is InChI=1S/C12H10FIN2/c13-8-4-5-11(15)12(6-8)16-10-3-1-2-9(14)7-10/h1-7,16H,15H2. The van der Waals surface area contributed by atoms with Crippen molar-refractivity contribution in [3.8, 4) is 0 Å². The molecule has 82 valence electrons. The molecule has 0 saturated heterocycles. The van der Waals surface area contributed by atoms with Crippen LogP contribution in [-0.4, -0.2) is 0 Å². The zero-order valence-electron chi connectivity index (χ0n) is 8.37. The lowest BCUT2D eigenvalue weighted by Crippen LogP contribution is -1.97. The molecule has 0 heterocycles. The summed E-state index contributed by atoms with van der Waals surface area (Å²) in [4.78, 5) is 0. The van der Waals surface area contributed by atoms with Crippen molar-refractivity contribution in [3.63, 3.8) is 0 Å². The highest BCUT2D eigenvalue weighted by Crippen LogP contribution is 2.24. The van der Waals surface area contributed by atoms with Crippen molar-refractivity contribution < 1.29 is 4.39 Å². The highest BCUT2D eigenvalue weighted by Gasteiger charge is 2.01. The lowest BCUT2D eigenvalue weighted by atomic mass is 10.2. The van der Waals surface area contributed by atoms with Crippen LogP contribution in [-0.2, 0) is 0 Å². The molecule has 0 aliphatic carbocycles. The molecule has 0 aromatic heterocycles. The van der Waals surface area contributed by atoms with E-state index in [-0.39, 0.29) is 5.82 Å². The molecule has 0 bridgehead atoms. The Morgan fingerprint density at radius 3 is 2.69 bits per heavy atom. The van der Waals surface area contributed by atoms with Gasteiger partial charge in [-0.25, -0.2) is 4.39 Å². The second-order valence-electron chi connectivity index (χ2n) is 3.37. The van der Waals surface area contributed by atoms with Crippen LogP contribution in [0.5, 0.6) is 0 Å². The van der Waals surface area contributed by atoms with Crippen LogP contribution in [0.2, 0.25) is 0 Å². The normalized spacial score (nSPS) is 10.1. The summed E-state index contributed by atoms with van der Waals surface area (Å²) >= 11 is 2.22. The van der Waals surface area contributed by atoms with Gasteiger partial charge in [0.2, 0.25) is 0 Å². The largest absolute Gasteiger partial charge is 0.397 e. The van der Waals surface area contributed by atoms with E-state index in [0.717, 1.165) is 9.26 Å². The third-order valence-electron chi connectivity index (χ3n) is 2.12. The summed E-state index contributed by atoms with van der Waals surface area (Å²) in [5, 5.41) is 3.08. The molecule has 3 N–H and O–H groups in total. The molecule has 0 saturated carbocycles. The predicted molar refractivity (Wildman–Crippen MR) is 73.3 cm³/mol. The molecule has 2 rings (SSSR count). The number of nitrogen functional groups attached to an aromatic ring is 1. The van der Waals surface area contributed by atoms with Crippen LogP contribution in [0, 0.1) is 9.39 Å². The van der Waals surface area contributed by atoms with E-state index in [2.05, 4.69) is 27.9 Å². The molecule has 16 heavy (non-hydrogen) atoms. The van der Waals surface area contributed by atoms with Crippen LogP contribution in [0.4, 0.5) is 21.5 Å². The predicted octanol–water partition coefficient (Wildman–Crippen LogP) is 3.76. The van der Waals surface area contributed by atoms with E-state index in [9.17, 15) is 4.39 Å². The van der Waals surface area contributed by atoms with Crippen molar-refractivity contribution >= 4 is 39.7 Å². The molecule has 0 atom stereocenters. The molecule has 2 nitrogen and oxygen atoms in total. The van der Waals surface area contributed by atoms with E-state index < -0.39 is 0 Å². The minimum absolute atomic E-state index is 0.303. The molecular formula is C12H10FIN2. The second-order valence-corrected chi connectivity index (χ2v) is 4.61. The molecule has 0 aliphatic heterocycles. The number of hydrogen-bond acceptors (Lipinski definition) is 2. The number of hydrogen-bond donors (Lipinski definition) is 2. The monoisotopic (exact) mass is 328 g/mol. The zero-order valence-corrected chi connectivity index (χ0v) is 10.5. The minimum Gasteiger partial charge on any atom is -0.397 e. The number of nitrogens with two attached hydrogens (primary N) is 1. The summed E-state index contributed by atoms with van der Waals surface area (Å²) in [6.45, 7) is 0. The Bertz CT molecular complexity index is 514. The Labute approximate surface area is 107 Å². The molecule has 0 amide bonds. The summed E-state index contributed by atoms with van der Waals surface area (Å²) in [5.74, 6) is -0.303. The summed E-state index contributed by atoms with van der Waals surface area (Å²) < 4.78 is 14.1. The first-order chi connectivity index (χ1) is 7.65. The van der Waals surface area contributed by atoms with Crippen molar-refractivity contribution in [1.29, 1.82) is 0 Å². The van der Waals surface area contributed by atoms with Gasteiger partial charge in [0.1, 0.15) is 5.82 Å². The maximum atomic E-state index is 13.0. The van der Waals surface area contributed by atoms with Crippen molar-refractivity contribution in [2.75, 3.05) is 11.1 Å². The molecule has 2 aromatic rings. The molecule has 4 heteroatoms. The topological polar surface area (TPSA) is 38.0 Å². The average Bonchev–Trinajstić information content (AvgIpc) is 2.24. The zero-order chi connectivity index (χ0) is 11.5. The number of rotatable bonds is 2. The first-order valence-electron chi connectivity index (χ1n) is 4.73. The van der Waals surface area contributed by atoms with Gasteiger partial charge < -0.3 is 11.1 Å². The van der Waals surface area contributed by atoms with E-state index >= 15 is 0 Å². The smallest absolute Gasteiger partial charge is 0.125 e. The van der Waals surface area contributed by atoms with Crippen LogP contribution < -0.4 is 11.1 Å². The molecule has 0 unspecified atom stereocenters. The highest BCUT2D eigenvalue weighted by atomic mass is 127. The maximum absolute atomic E-state index is 13.0. The van der Waals surface area contributed by atoms with E-state index in [1.807, 2.05) is 24.3 Å². The molecule has 0 aliphatic rings. The summed E-state index contributed by atoms with van der Waals surface area (Å²) in [6.07, 6.45) is 0. The Morgan fingerprint density at radius 2 is 1.94 bits per heavy atom. The Balaban J connectivity index is 2.30. The molecule has 0 radical (unpaired) electrons. The van der Waals surface area contributed by atoms with Crippen LogP contribution in [0.3, 0.4) is 0 Å². The highest BCUT2D eigenvalue weighted by molar-refractivity contribution is 14.1. The van der Waals surface area contributed by atoms with E-state index in [0.29, 0.717) is 11.4 Å². The van der Waals surface area contributed by atoms with Gasteiger partial charge in [-0.05, 0) is 59.0 Å². The fourth-order valence-corrected chi connectivity index (χ4v) is 1.90.